The molecule has 0 aromatic heterocycles. The topological polar surface area (TPSA) is 60.9 Å². The molecule has 146 valence electrons. The Bertz CT molecular complexity index is 758. The molecule has 0 bridgehead atoms. The number of likely N-dealkylation sites (tertiary alicyclic amines) is 2. The Labute approximate surface area is 169 Å². The molecule has 3 rings (SSSR count). The maximum absolute atomic E-state index is 12.6. The molecule has 2 aliphatic heterocycles. The maximum Gasteiger partial charge on any atom is 0.245 e. The highest BCUT2D eigenvalue weighted by atomic mass is 35.5. The van der Waals surface area contributed by atoms with Crippen LogP contribution in [0.25, 0.3) is 0 Å². The van der Waals surface area contributed by atoms with Crippen molar-refractivity contribution in [3.05, 3.63) is 40.4 Å². The van der Waals surface area contributed by atoms with Gasteiger partial charge in [0.25, 0.3) is 0 Å². The second-order valence-electron chi connectivity index (χ2n) is 7.49. The number of nitrogens with zero attached hydrogens (tertiary/aromatic N) is 2. The van der Waals surface area contributed by atoms with E-state index in [1.165, 1.54) is 12.1 Å². The summed E-state index contributed by atoms with van der Waals surface area (Å²) in [5, 5.41) is 10.6. The Morgan fingerprint density at radius 1 is 1.11 bits per heavy atom. The summed E-state index contributed by atoms with van der Waals surface area (Å²) in [6.07, 6.45) is 4.93. The molecule has 0 radical (unpaired) electrons. The van der Waals surface area contributed by atoms with Crippen molar-refractivity contribution >= 4 is 35.0 Å². The van der Waals surface area contributed by atoms with Crippen LogP contribution in [0.2, 0.25) is 10.0 Å². The fourth-order valence-electron chi connectivity index (χ4n) is 4.07. The highest BCUT2D eigenvalue weighted by Gasteiger charge is 2.42. The first-order chi connectivity index (χ1) is 12.8. The number of aryl methyl sites for hydroxylation is 1. The minimum Gasteiger partial charge on any atom is -0.508 e. The van der Waals surface area contributed by atoms with E-state index in [1.807, 2.05) is 9.80 Å². The third-order valence-corrected chi connectivity index (χ3v) is 6.55. The van der Waals surface area contributed by atoms with Gasteiger partial charge in [-0.15, -0.1) is 0 Å². The van der Waals surface area contributed by atoms with Crippen LogP contribution in [0.4, 0.5) is 0 Å². The van der Waals surface area contributed by atoms with E-state index in [2.05, 4.69) is 6.58 Å². The molecule has 2 heterocycles. The largest absolute Gasteiger partial charge is 0.508 e. The van der Waals surface area contributed by atoms with E-state index in [0.717, 1.165) is 32.4 Å². The molecule has 2 aliphatic rings. The number of rotatable bonds is 4. The van der Waals surface area contributed by atoms with Crippen molar-refractivity contribution in [3.63, 3.8) is 0 Å². The monoisotopic (exact) mass is 410 g/mol. The van der Waals surface area contributed by atoms with Gasteiger partial charge < -0.3 is 14.9 Å². The van der Waals surface area contributed by atoms with Gasteiger partial charge in [0.15, 0.2) is 0 Å². The lowest BCUT2D eigenvalue weighted by Crippen LogP contribution is -2.44. The Morgan fingerprint density at radius 2 is 1.70 bits per heavy atom. The van der Waals surface area contributed by atoms with Gasteiger partial charge in [0, 0.05) is 38.7 Å². The van der Waals surface area contributed by atoms with Crippen molar-refractivity contribution in [2.45, 2.75) is 32.1 Å². The first-order valence-corrected chi connectivity index (χ1v) is 9.95. The van der Waals surface area contributed by atoms with E-state index in [-0.39, 0.29) is 23.0 Å². The molecule has 0 atom stereocenters. The van der Waals surface area contributed by atoms with Crippen LogP contribution >= 0.6 is 23.2 Å². The van der Waals surface area contributed by atoms with E-state index < -0.39 is 0 Å². The lowest BCUT2D eigenvalue weighted by Gasteiger charge is -2.39. The van der Waals surface area contributed by atoms with Crippen molar-refractivity contribution in [2.24, 2.45) is 5.41 Å². The van der Waals surface area contributed by atoms with Gasteiger partial charge in [-0.2, -0.15) is 0 Å². The van der Waals surface area contributed by atoms with E-state index >= 15 is 0 Å². The first-order valence-electron chi connectivity index (χ1n) is 9.19. The van der Waals surface area contributed by atoms with Crippen molar-refractivity contribution in [2.75, 3.05) is 26.2 Å². The van der Waals surface area contributed by atoms with Gasteiger partial charge >= 0.3 is 0 Å². The third kappa shape index (κ3) is 4.41. The number of aromatic hydroxyl groups is 1. The summed E-state index contributed by atoms with van der Waals surface area (Å²) in [5.41, 5.74) is 0.762. The van der Waals surface area contributed by atoms with Gasteiger partial charge in [-0.3, -0.25) is 9.59 Å². The summed E-state index contributed by atoms with van der Waals surface area (Å²) in [5.74, 6) is 0.131. The number of carbonyl (C=O) groups excluding carboxylic acids is 2. The van der Waals surface area contributed by atoms with Crippen LogP contribution in [0.5, 0.6) is 5.75 Å². The van der Waals surface area contributed by atoms with E-state index in [1.54, 1.807) is 6.07 Å². The molecule has 0 aliphatic carbocycles. The quantitative estimate of drug-likeness (QED) is 0.770. The second kappa shape index (κ2) is 8.11. The van der Waals surface area contributed by atoms with Crippen molar-refractivity contribution in [3.8, 4) is 5.75 Å². The number of carbonyl (C=O) groups is 2. The molecule has 1 N–H and O–H groups in total. The summed E-state index contributed by atoms with van der Waals surface area (Å²) in [6.45, 7) is 6.51. The fraction of sp³-hybridized carbons (Fsp3) is 0.500. The summed E-state index contributed by atoms with van der Waals surface area (Å²) in [7, 11) is 0. The van der Waals surface area contributed by atoms with Crippen molar-refractivity contribution < 1.29 is 14.7 Å². The molecule has 1 spiro atoms. The molecule has 2 amide bonds. The smallest absolute Gasteiger partial charge is 0.245 e. The molecule has 1 aromatic carbocycles. The summed E-state index contributed by atoms with van der Waals surface area (Å²) >= 11 is 11.9. The predicted molar refractivity (Wildman–Crippen MR) is 106 cm³/mol. The van der Waals surface area contributed by atoms with Crippen LogP contribution < -0.4 is 0 Å². The predicted octanol–water partition coefficient (Wildman–Crippen LogP) is 3.66. The van der Waals surface area contributed by atoms with Crippen molar-refractivity contribution in [1.29, 1.82) is 0 Å². The molecular weight excluding hydrogens is 387 g/mol. The van der Waals surface area contributed by atoms with Crippen LogP contribution in [-0.2, 0) is 16.0 Å². The number of benzene rings is 1. The van der Waals surface area contributed by atoms with E-state index in [0.29, 0.717) is 41.5 Å². The summed E-state index contributed by atoms with van der Waals surface area (Å²) < 4.78 is 0. The molecule has 5 nitrogen and oxygen atoms in total. The average Bonchev–Trinajstić information content (AvgIpc) is 3.07. The lowest BCUT2D eigenvalue weighted by molar-refractivity contribution is -0.134. The van der Waals surface area contributed by atoms with Gasteiger partial charge in [0.2, 0.25) is 11.8 Å². The molecular formula is C20H24Cl2N2O3. The normalized spacial score (nSPS) is 18.7. The number of hydrogen-bond acceptors (Lipinski definition) is 3. The van der Waals surface area contributed by atoms with Crippen LogP contribution in [-0.4, -0.2) is 52.9 Å². The zero-order valence-electron chi connectivity index (χ0n) is 15.2. The van der Waals surface area contributed by atoms with Crippen molar-refractivity contribution in [1.82, 2.24) is 9.80 Å². The van der Waals surface area contributed by atoms with Gasteiger partial charge in [-0.05, 0) is 48.8 Å². The molecule has 0 saturated carbocycles. The zero-order chi connectivity index (χ0) is 19.6. The van der Waals surface area contributed by atoms with Gasteiger partial charge in [0.05, 0.1) is 10.0 Å². The highest BCUT2D eigenvalue weighted by molar-refractivity contribution is 6.42. The van der Waals surface area contributed by atoms with Gasteiger partial charge in [-0.25, -0.2) is 0 Å². The summed E-state index contributed by atoms with van der Waals surface area (Å²) in [4.78, 5) is 28.1. The summed E-state index contributed by atoms with van der Waals surface area (Å²) in [6, 6.07) is 3.02. The number of halogens is 2. The van der Waals surface area contributed by atoms with Crippen LogP contribution in [0, 0.1) is 5.41 Å². The van der Waals surface area contributed by atoms with Gasteiger partial charge in [0.1, 0.15) is 5.75 Å². The Balaban J connectivity index is 1.51. The molecule has 0 unspecified atom stereocenters. The second-order valence-corrected chi connectivity index (χ2v) is 8.30. The standard InChI is InChI=1S/C20H24Cl2N2O3/c1-2-18(26)24-10-7-20(13-24)5-8-23(9-6-20)19(27)4-3-14-11-15(21)16(22)12-17(14)25/h2,11-12,25H,1,3-10,13H2. The third-order valence-electron chi connectivity index (χ3n) is 5.83. The van der Waals surface area contributed by atoms with Gasteiger partial charge in [-0.1, -0.05) is 29.8 Å². The Morgan fingerprint density at radius 3 is 2.33 bits per heavy atom. The number of amides is 2. The van der Waals surface area contributed by atoms with Crippen LogP contribution in [0.1, 0.15) is 31.2 Å². The van der Waals surface area contributed by atoms with E-state index in [9.17, 15) is 14.7 Å². The zero-order valence-corrected chi connectivity index (χ0v) is 16.7. The molecule has 7 heteroatoms. The highest BCUT2D eigenvalue weighted by Crippen LogP contribution is 2.40. The first kappa shape index (κ1) is 20.0. The van der Waals surface area contributed by atoms with Crippen LogP contribution in [0.3, 0.4) is 0 Å². The Kier molecular flexibility index (Phi) is 6.02. The number of piperidine rings is 1. The molecule has 2 saturated heterocycles. The minimum atomic E-state index is -0.00758. The lowest BCUT2D eigenvalue weighted by atomic mass is 9.77. The SMILES string of the molecule is C=CC(=O)N1CCC2(CCN(C(=O)CCc3cc(Cl)c(Cl)cc3O)CC2)C1. The number of phenolic OH excluding ortho intramolecular Hbond substituents is 1. The molecule has 1 aromatic rings. The molecule has 27 heavy (non-hydrogen) atoms. The number of phenols is 1. The number of hydrogen-bond donors (Lipinski definition) is 1. The average molecular weight is 411 g/mol. The Hall–Kier alpha value is -1.72. The minimum absolute atomic E-state index is 0.00758. The fourth-order valence-corrected chi connectivity index (χ4v) is 4.41. The molecule has 2 fully saturated rings. The van der Waals surface area contributed by atoms with Crippen LogP contribution in [0.15, 0.2) is 24.8 Å². The van der Waals surface area contributed by atoms with E-state index in [4.69, 9.17) is 23.2 Å². The maximum atomic E-state index is 12.6.